The molecule has 2 amide bonds. The van der Waals surface area contributed by atoms with Crippen molar-refractivity contribution in [2.24, 2.45) is 23.0 Å². The van der Waals surface area contributed by atoms with Crippen molar-refractivity contribution in [1.29, 1.82) is 0 Å². The van der Waals surface area contributed by atoms with Crippen LogP contribution >= 0.6 is 0 Å². The van der Waals surface area contributed by atoms with E-state index in [2.05, 4.69) is 5.32 Å². The second-order valence-corrected chi connectivity index (χ2v) is 6.58. The number of ether oxygens (including phenoxy) is 1. The minimum Gasteiger partial charge on any atom is -0.381 e. The number of halogens is 3. The van der Waals surface area contributed by atoms with Gasteiger partial charge >= 0.3 is 6.18 Å². The van der Waals surface area contributed by atoms with E-state index in [9.17, 15) is 22.8 Å². The van der Waals surface area contributed by atoms with Crippen LogP contribution in [0.2, 0.25) is 0 Å². The van der Waals surface area contributed by atoms with Crippen LogP contribution < -0.4 is 11.1 Å². The van der Waals surface area contributed by atoms with Gasteiger partial charge < -0.3 is 15.8 Å². The number of rotatable bonds is 4. The highest BCUT2D eigenvalue weighted by molar-refractivity contribution is 5.83. The summed E-state index contributed by atoms with van der Waals surface area (Å²) in [6, 6.07) is 0. The van der Waals surface area contributed by atoms with Crippen molar-refractivity contribution in [1.82, 2.24) is 5.32 Å². The molecule has 0 bridgehead atoms. The molecular weight excluding hydrogens is 313 g/mol. The summed E-state index contributed by atoms with van der Waals surface area (Å²) in [7, 11) is 0. The first kappa shape index (κ1) is 18.0. The monoisotopic (exact) mass is 336 g/mol. The van der Waals surface area contributed by atoms with Crippen LogP contribution in [-0.2, 0) is 14.3 Å². The van der Waals surface area contributed by atoms with E-state index in [4.69, 9.17) is 10.5 Å². The van der Waals surface area contributed by atoms with E-state index in [0.717, 1.165) is 0 Å². The van der Waals surface area contributed by atoms with Crippen molar-refractivity contribution in [3.63, 3.8) is 0 Å². The summed E-state index contributed by atoms with van der Waals surface area (Å²) in [6.45, 7) is 0.842. The zero-order valence-electron chi connectivity index (χ0n) is 13.0. The fourth-order valence-electron chi connectivity index (χ4n) is 3.40. The molecule has 132 valence electrons. The van der Waals surface area contributed by atoms with Crippen molar-refractivity contribution in [2.45, 2.75) is 44.7 Å². The van der Waals surface area contributed by atoms with E-state index in [1.165, 1.54) is 0 Å². The summed E-state index contributed by atoms with van der Waals surface area (Å²) in [4.78, 5) is 23.9. The molecular formula is C15H23F3N2O3. The summed E-state index contributed by atoms with van der Waals surface area (Å²) >= 11 is 0. The summed E-state index contributed by atoms with van der Waals surface area (Å²) in [5, 5.41) is 2.65. The lowest BCUT2D eigenvalue weighted by atomic mass is 9.78. The Kier molecular flexibility index (Phi) is 5.54. The number of carbonyl (C=O) groups is 2. The number of alkyl halides is 3. The first-order valence-electron chi connectivity index (χ1n) is 7.97. The fourth-order valence-corrected chi connectivity index (χ4v) is 3.40. The van der Waals surface area contributed by atoms with Crippen LogP contribution in [0.15, 0.2) is 0 Å². The highest BCUT2D eigenvalue weighted by atomic mass is 19.4. The first-order valence-corrected chi connectivity index (χ1v) is 7.97. The Morgan fingerprint density at radius 3 is 2.43 bits per heavy atom. The molecule has 23 heavy (non-hydrogen) atoms. The summed E-state index contributed by atoms with van der Waals surface area (Å²) in [5.41, 5.74) is 4.60. The Balaban J connectivity index is 1.92. The van der Waals surface area contributed by atoms with Gasteiger partial charge in [0.2, 0.25) is 11.8 Å². The van der Waals surface area contributed by atoms with Crippen LogP contribution in [0.5, 0.6) is 0 Å². The van der Waals surface area contributed by atoms with Crippen molar-refractivity contribution < 1.29 is 27.5 Å². The van der Waals surface area contributed by atoms with Gasteiger partial charge in [0.05, 0.1) is 11.3 Å². The minimum atomic E-state index is -4.26. The number of nitrogens with two attached hydrogens (primary N) is 1. The van der Waals surface area contributed by atoms with E-state index < -0.39 is 35.2 Å². The van der Waals surface area contributed by atoms with Crippen LogP contribution in [0, 0.1) is 17.3 Å². The third-order valence-electron chi connectivity index (χ3n) is 5.08. The van der Waals surface area contributed by atoms with Crippen LogP contribution in [0.3, 0.4) is 0 Å². The third-order valence-corrected chi connectivity index (χ3v) is 5.08. The van der Waals surface area contributed by atoms with Crippen LogP contribution in [-0.4, -0.2) is 37.7 Å². The van der Waals surface area contributed by atoms with Crippen molar-refractivity contribution in [3.8, 4) is 0 Å². The van der Waals surface area contributed by atoms with E-state index in [1.54, 1.807) is 0 Å². The largest absolute Gasteiger partial charge is 0.391 e. The molecule has 2 rings (SSSR count). The molecule has 2 aliphatic rings. The standard InChI is InChI=1S/C15H23F3N2O3/c16-15(17,18)11-3-1-2-10(8-11)12(21)20-9-14(13(19)22)4-6-23-7-5-14/h10-11H,1-9H2,(H2,19,22)(H,20,21). The summed E-state index contributed by atoms with van der Waals surface area (Å²) in [5.74, 6) is -2.98. The molecule has 0 radical (unpaired) electrons. The number of nitrogens with one attached hydrogen (secondary N) is 1. The molecule has 1 aliphatic carbocycles. The minimum absolute atomic E-state index is 0.0672. The zero-order chi connectivity index (χ0) is 17.1. The molecule has 0 aromatic heterocycles. The Labute approximate surface area is 133 Å². The summed E-state index contributed by atoms with van der Waals surface area (Å²) in [6.07, 6.45) is -2.69. The highest BCUT2D eigenvalue weighted by Crippen LogP contribution is 2.40. The lowest BCUT2D eigenvalue weighted by Gasteiger charge is -2.35. The average Bonchev–Trinajstić information content (AvgIpc) is 2.52. The quantitative estimate of drug-likeness (QED) is 0.821. The molecule has 0 aromatic carbocycles. The van der Waals surface area contributed by atoms with Crippen molar-refractivity contribution in [3.05, 3.63) is 0 Å². The maximum atomic E-state index is 12.8. The molecule has 5 nitrogen and oxygen atoms in total. The second kappa shape index (κ2) is 7.07. The SMILES string of the molecule is NC(=O)C1(CNC(=O)C2CCCC(C(F)(F)F)C2)CCOCC1. The van der Waals surface area contributed by atoms with Gasteiger partial charge in [-0.25, -0.2) is 0 Å². The van der Waals surface area contributed by atoms with Crippen molar-refractivity contribution in [2.75, 3.05) is 19.8 Å². The molecule has 8 heteroatoms. The van der Waals surface area contributed by atoms with Gasteiger partial charge in [0.25, 0.3) is 0 Å². The normalized spacial score (nSPS) is 28.1. The van der Waals surface area contributed by atoms with Gasteiger partial charge in [-0.3, -0.25) is 9.59 Å². The molecule has 2 fully saturated rings. The Morgan fingerprint density at radius 1 is 1.22 bits per heavy atom. The maximum absolute atomic E-state index is 12.8. The van der Waals surface area contributed by atoms with E-state index in [0.29, 0.717) is 38.9 Å². The van der Waals surface area contributed by atoms with Gasteiger partial charge in [-0.2, -0.15) is 13.2 Å². The molecule has 0 aromatic rings. The molecule has 0 spiro atoms. The number of carbonyl (C=O) groups excluding carboxylic acids is 2. The Hall–Kier alpha value is -1.31. The Bertz CT molecular complexity index is 448. The van der Waals surface area contributed by atoms with Gasteiger partial charge in [-0.05, 0) is 32.1 Å². The number of primary amides is 1. The van der Waals surface area contributed by atoms with Gasteiger partial charge in [0.15, 0.2) is 0 Å². The Morgan fingerprint density at radius 2 is 1.87 bits per heavy atom. The predicted octanol–water partition coefficient (Wildman–Crippen LogP) is 1.75. The summed E-state index contributed by atoms with van der Waals surface area (Å²) < 4.78 is 43.6. The number of amides is 2. The fraction of sp³-hybridized carbons (Fsp3) is 0.867. The average molecular weight is 336 g/mol. The van der Waals surface area contributed by atoms with Crippen LogP contribution in [0.1, 0.15) is 38.5 Å². The first-order chi connectivity index (χ1) is 10.7. The topological polar surface area (TPSA) is 81.4 Å². The van der Waals surface area contributed by atoms with Crippen LogP contribution in [0.25, 0.3) is 0 Å². The lowest BCUT2D eigenvalue weighted by molar-refractivity contribution is -0.186. The molecule has 1 saturated heterocycles. The van der Waals surface area contributed by atoms with Gasteiger partial charge in [-0.15, -0.1) is 0 Å². The number of hydrogen-bond donors (Lipinski definition) is 2. The van der Waals surface area contributed by atoms with E-state index in [1.807, 2.05) is 0 Å². The van der Waals surface area contributed by atoms with E-state index >= 15 is 0 Å². The van der Waals surface area contributed by atoms with Gasteiger partial charge in [0, 0.05) is 25.7 Å². The van der Waals surface area contributed by atoms with Gasteiger partial charge in [0.1, 0.15) is 0 Å². The molecule has 1 aliphatic heterocycles. The molecule has 2 unspecified atom stereocenters. The predicted molar refractivity (Wildman–Crippen MR) is 76.2 cm³/mol. The third kappa shape index (κ3) is 4.37. The molecule has 1 heterocycles. The van der Waals surface area contributed by atoms with Crippen molar-refractivity contribution >= 4 is 11.8 Å². The molecule has 1 saturated carbocycles. The smallest absolute Gasteiger partial charge is 0.381 e. The molecule has 2 atom stereocenters. The highest BCUT2D eigenvalue weighted by Gasteiger charge is 2.44. The zero-order valence-corrected chi connectivity index (χ0v) is 13.0. The lowest BCUT2D eigenvalue weighted by Crippen LogP contribution is -2.50. The number of hydrogen-bond acceptors (Lipinski definition) is 3. The maximum Gasteiger partial charge on any atom is 0.391 e. The van der Waals surface area contributed by atoms with Crippen LogP contribution in [0.4, 0.5) is 13.2 Å². The molecule has 3 N–H and O–H groups in total. The second-order valence-electron chi connectivity index (χ2n) is 6.58. The van der Waals surface area contributed by atoms with E-state index in [-0.39, 0.29) is 19.4 Å². The van der Waals surface area contributed by atoms with Gasteiger partial charge in [-0.1, -0.05) is 6.42 Å².